The molecule has 4 aliphatic rings. The van der Waals surface area contributed by atoms with E-state index in [0.717, 1.165) is 0 Å². The predicted octanol–water partition coefficient (Wildman–Crippen LogP) is 1.44. The molecule has 4 amide bonds. The number of hydrogen-bond acceptors (Lipinski definition) is 5. The van der Waals surface area contributed by atoms with E-state index in [1.165, 1.54) is 25.7 Å². The van der Waals surface area contributed by atoms with Crippen LogP contribution in [-0.4, -0.2) is 72.1 Å². The van der Waals surface area contributed by atoms with Crippen LogP contribution in [0.4, 0.5) is 17.6 Å². The monoisotopic (exact) mass is 543 g/mol. The molecule has 38 heavy (non-hydrogen) atoms. The molecule has 2 saturated carbocycles. The van der Waals surface area contributed by atoms with E-state index in [2.05, 4.69) is 10.6 Å². The van der Waals surface area contributed by atoms with Crippen LogP contribution in [0.3, 0.4) is 0 Å². The third kappa shape index (κ3) is 5.18. The Morgan fingerprint density at radius 1 is 1.16 bits per heavy atom. The van der Waals surface area contributed by atoms with Crippen LogP contribution in [0.2, 0.25) is 0 Å². The first-order valence-electron chi connectivity index (χ1n) is 12.9. The van der Waals surface area contributed by atoms with Crippen molar-refractivity contribution in [2.45, 2.75) is 76.9 Å². The third-order valence-corrected chi connectivity index (χ3v) is 8.62. The van der Waals surface area contributed by atoms with Gasteiger partial charge in [0.05, 0.1) is 6.07 Å². The first-order chi connectivity index (χ1) is 17.6. The van der Waals surface area contributed by atoms with E-state index in [4.69, 9.17) is 0 Å². The highest BCUT2D eigenvalue weighted by Gasteiger charge is 2.63. The van der Waals surface area contributed by atoms with Gasteiger partial charge in [-0.25, -0.2) is 4.39 Å². The summed E-state index contributed by atoms with van der Waals surface area (Å²) in [7, 11) is 0. The van der Waals surface area contributed by atoms with E-state index in [1.54, 1.807) is 5.32 Å². The van der Waals surface area contributed by atoms with Crippen LogP contribution in [-0.2, 0) is 19.2 Å². The van der Waals surface area contributed by atoms with Gasteiger partial charge in [0.2, 0.25) is 17.7 Å². The number of nitrogens with one attached hydrogen (secondary N) is 3. The van der Waals surface area contributed by atoms with Gasteiger partial charge in [-0.1, -0.05) is 20.8 Å². The number of carbonyl (C=O) groups is 4. The first kappa shape index (κ1) is 28.1. The lowest BCUT2D eigenvalue weighted by Gasteiger charge is -2.37. The second-order valence-corrected chi connectivity index (χ2v) is 12.1. The van der Waals surface area contributed by atoms with Crippen molar-refractivity contribution in [3.05, 3.63) is 0 Å². The molecule has 9 atom stereocenters. The molecule has 210 valence electrons. The summed E-state index contributed by atoms with van der Waals surface area (Å²) < 4.78 is 54.0. The highest BCUT2D eigenvalue weighted by atomic mass is 19.4. The second kappa shape index (κ2) is 10.0. The van der Waals surface area contributed by atoms with Gasteiger partial charge in [0.25, 0.3) is 0 Å². The molecule has 2 heterocycles. The number of halogens is 4. The largest absolute Gasteiger partial charge is 0.471 e. The van der Waals surface area contributed by atoms with Crippen molar-refractivity contribution in [3.63, 3.8) is 0 Å². The zero-order chi connectivity index (χ0) is 28.2. The molecule has 0 aromatic heterocycles. The number of likely N-dealkylation sites (tertiary alicyclic amines) is 1. The third-order valence-electron chi connectivity index (χ3n) is 8.62. The Labute approximate surface area is 218 Å². The van der Waals surface area contributed by atoms with Gasteiger partial charge in [-0.05, 0) is 54.8 Å². The van der Waals surface area contributed by atoms with Gasteiger partial charge in [-0.2, -0.15) is 18.4 Å². The van der Waals surface area contributed by atoms with Crippen LogP contribution >= 0.6 is 0 Å². The quantitative estimate of drug-likeness (QED) is 0.437. The molecule has 0 unspecified atom stereocenters. The van der Waals surface area contributed by atoms with E-state index in [-0.39, 0.29) is 30.7 Å². The number of amides is 4. The van der Waals surface area contributed by atoms with Crippen LogP contribution in [0, 0.1) is 46.3 Å². The molecule has 2 aliphatic heterocycles. The summed E-state index contributed by atoms with van der Waals surface area (Å²) >= 11 is 0. The highest BCUT2D eigenvalue weighted by Crippen LogP contribution is 2.58. The van der Waals surface area contributed by atoms with Crippen LogP contribution in [0.5, 0.6) is 0 Å². The molecular formula is C25H33F4N5O4. The molecule has 0 radical (unpaired) electrons. The molecule has 4 rings (SSSR count). The molecular weight excluding hydrogens is 510 g/mol. The lowest BCUT2D eigenvalue weighted by atomic mass is 9.77. The standard InChI is InChI=1S/C25H33F4N5O4/c1-24(2,3)19(33-23(38)25(27,28)29)22(37)34-10-15-12-7-14(16(26)8-12)17(15)18(34)21(36)32-13(9-30)6-11-4-5-31-20(11)35/h11-19H,4-8,10H2,1-3H3,(H,31,35)(H,32,36)(H,33,38)/t11-,12-,13-,14+,15+,16+,17-,18-,19+/m0/s1. The number of rotatable bonds is 6. The van der Waals surface area contributed by atoms with E-state index in [1.807, 2.05) is 6.07 Å². The summed E-state index contributed by atoms with van der Waals surface area (Å²) in [6.07, 6.45) is -4.95. The molecule has 2 bridgehead atoms. The van der Waals surface area contributed by atoms with Crippen molar-refractivity contribution >= 4 is 23.6 Å². The minimum Gasteiger partial charge on any atom is -0.356 e. The van der Waals surface area contributed by atoms with Gasteiger partial charge in [-0.15, -0.1) is 0 Å². The fraction of sp³-hybridized carbons (Fsp3) is 0.800. The maximum absolute atomic E-state index is 14.8. The molecule has 4 fully saturated rings. The maximum Gasteiger partial charge on any atom is 0.471 e. The number of hydrogen-bond donors (Lipinski definition) is 3. The van der Waals surface area contributed by atoms with Crippen LogP contribution in [0.1, 0.15) is 46.5 Å². The van der Waals surface area contributed by atoms with E-state index < -0.39 is 71.4 Å². The zero-order valence-corrected chi connectivity index (χ0v) is 21.5. The molecule has 0 aromatic rings. The lowest BCUT2D eigenvalue weighted by Crippen LogP contribution is -2.60. The Morgan fingerprint density at radius 2 is 1.84 bits per heavy atom. The molecule has 13 heteroatoms. The smallest absolute Gasteiger partial charge is 0.356 e. The SMILES string of the molecule is CC(C)(C)[C@H](NC(=O)C(F)(F)F)C(=O)N1C[C@@H]2[C@H]3C[C@@H]([C@@H]2[C@H]1C(=O)N[C@H](C#N)C[C@@H]1CCNC1=O)[C@H](F)C3. The van der Waals surface area contributed by atoms with Crippen molar-refractivity contribution < 1.29 is 36.7 Å². The molecule has 2 saturated heterocycles. The van der Waals surface area contributed by atoms with Gasteiger partial charge in [0, 0.05) is 19.0 Å². The van der Waals surface area contributed by atoms with Crippen molar-refractivity contribution in [2.75, 3.05) is 13.1 Å². The molecule has 2 aliphatic carbocycles. The predicted molar refractivity (Wildman–Crippen MR) is 124 cm³/mol. The van der Waals surface area contributed by atoms with Gasteiger partial charge in [-0.3, -0.25) is 19.2 Å². The van der Waals surface area contributed by atoms with Gasteiger partial charge in [0.1, 0.15) is 24.3 Å². The number of alkyl halides is 4. The number of carbonyl (C=O) groups excluding carboxylic acids is 4. The summed E-state index contributed by atoms with van der Waals surface area (Å²) in [5.41, 5.74) is -1.14. The summed E-state index contributed by atoms with van der Waals surface area (Å²) in [4.78, 5) is 52.3. The fourth-order valence-electron chi connectivity index (χ4n) is 6.85. The Bertz CT molecular complexity index is 1040. The number of nitrogens with zero attached hydrogens (tertiary/aromatic N) is 2. The van der Waals surface area contributed by atoms with Crippen LogP contribution in [0.15, 0.2) is 0 Å². The van der Waals surface area contributed by atoms with Gasteiger partial charge < -0.3 is 20.9 Å². The average molecular weight is 544 g/mol. The average Bonchev–Trinajstić information content (AvgIpc) is 3.56. The minimum absolute atomic E-state index is 0.0478. The van der Waals surface area contributed by atoms with E-state index in [9.17, 15) is 42.0 Å². The minimum atomic E-state index is -5.21. The Kier molecular flexibility index (Phi) is 7.40. The van der Waals surface area contributed by atoms with E-state index >= 15 is 0 Å². The highest BCUT2D eigenvalue weighted by molar-refractivity contribution is 5.94. The normalized spacial score (nSPS) is 33.8. The van der Waals surface area contributed by atoms with Crippen LogP contribution < -0.4 is 16.0 Å². The number of nitriles is 1. The summed E-state index contributed by atoms with van der Waals surface area (Å²) in [5.74, 6) is -5.85. The first-order valence-corrected chi connectivity index (χ1v) is 12.9. The van der Waals surface area contributed by atoms with Crippen molar-refractivity contribution in [1.29, 1.82) is 5.26 Å². The zero-order valence-electron chi connectivity index (χ0n) is 21.5. The van der Waals surface area contributed by atoms with Crippen molar-refractivity contribution in [3.8, 4) is 6.07 Å². The summed E-state index contributed by atoms with van der Waals surface area (Å²) in [6, 6.07) is -1.88. The Hall–Kier alpha value is -2.91. The Balaban J connectivity index is 1.60. The molecule has 9 nitrogen and oxygen atoms in total. The molecule has 3 N–H and O–H groups in total. The topological polar surface area (TPSA) is 131 Å². The van der Waals surface area contributed by atoms with Gasteiger partial charge >= 0.3 is 12.1 Å². The second-order valence-electron chi connectivity index (χ2n) is 12.1. The number of fused-ring (bicyclic) bond motifs is 5. The van der Waals surface area contributed by atoms with Gasteiger partial charge in [0.15, 0.2) is 0 Å². The van der Waals surface area contributed by atoms with E-state index in [0.29, 0.717) is 25.8 Å². The lowest BCUT2D eigenvalue weighted by molar-refractivity contribution is -0.176. The van der Waals surface area contributed by atoms with Crippen molar-refractivity contribution in [1.82, 2.24) is 20.9 Å². The summed E-state index contributed by atoms with van der Waals surface area (Å²) in [5, 5.41) is 16.7. The fourth-order valence-corrected chi connectivity index (χ4v) is 6.85. The summed E-state index contributed by atoms with van der Waals surface area (Å²) in [6.45, 7) is 5.00. The maximum atomic E-state index is 14.8. The molecule has 0 aromatic carbocycles. The molecule has 0 spiro atoms. The Morgan fingerprint density at radius 3 is 2.39 bits per heavy atom. The van der Waals surface area contributed by atoms with Crippen LogP contribution in [0.25, 0.3) is 0 Å². The van der Waals surface area contributed by atoms with Crippen molar-refractivity contribution in [2.24, 2.45) is 35.0 Å².